The molecule has 154 valence electrons. The van der Waals surface area contributed by atoms with Crippen molar-refractivity contribution in [1.82, 2.24) is 0 Å². The van der Waals surface area contributed by atoms with Crippen LogP contribution in [0, 0.1) is 0 Å². The van der Waals surface area contributed by atoms with Crippen LogP contribution in [0.2, 0.25) is 0 Å². The van der Waals surface area contributed by atoms with Crippen molar-refractivity contribution in [2.45, 2.75) is 13.2 Å². The molecule has 0 aliphatic rings. The highest BCUT2D eigenvalue weighted by atomic mass is 16.5. The predicted molar refractivity (Wildman–Crippen MR) is 120 cm³/mol. The van der Waals surface area contributed by atoms with Gasteiger partial charge in [-0.3, -0.25) is 4.79 Å². The van der Waals surface area contributed by atoms with Gasteiger partial charge in [0.2, 0.25) is 0 Å². The molecule has 4 nitrogen and oxygen atoms in total. The van der Waals surface area contributed by atoms with Gasteiger partial charge in [-0.05, 0) is 41.5 Å². The summed E-state index contributed by atoms with van der Waals surface area (Å²) < 4.78 is 17.0. The molecule has 4 rings (SSSR count). The average molecular weight is 410 g/mol. The third-order valence-electron chi connectivity index (χ3n) is 4.67. The summed E-state index contributed by atoms with van der Waals surface area (Å²) in [6.07, 6.45) is 6.38. The first-order chi connectivity index (χ1) is 15.3. The Morgan fingerprint density at radius 2 is 1.48 bits per heavy atom. The van der Waals surface area contributed by atoms with E-state index in [1.54, 1.807) is 42.9 Å². The molecule has 3 aromatic carbocycles. The zero-order valence-corrected chi connectivity index (χ0v) is 16.9. The molecule has 0 fully saturated rings. The number of rotatable bonds is 9. The highest BCUT2D eigenvalue weighted by Crippen LogP contribution is 2.27. The van der Waals surface area contributed by atoms with Crippen LogP contribution < -0.4 is 9.47 Å². The van der Waals surface area contributed by atoms with E-state index in [0.717, 1.165) is 16.7 Å². The van der Waals surface area contributed by atoms with Crippen molar-refractivity contribution < 1.29 is 18.7 Å². The smallest absolute Gasteiger partial charge is 0.189 e. The van der Waals surface area contributed by atoms with Crippen molar-refractivity contribution in [1.29, 1.82) is 0 Å². The number of benzene rings is 3. The van der Waals surface area contributed by atoms with E-state index in [9.17, 15) is 4.79 Å². The van der Waals surface area contributed by atoms with Crippen LogP contribution in [0.5, 0.6) is 11.5 Å². The van der Waals surface area contributed by atoms with Crippen LogP contribution in [0.25, 0.3) is 6.08 Å². The van der Waals surface area contributed by atoms with Gasteiger partial charge in [-0.25, -0.2) is 0 Å². The Labute approximate surface area is 181 Å². The zero-order valence-electron chi connectivity index (χ0n) is 16.9. The Balaban J connectivity index is 1.54. The van der Waals surface area contributed by atoms with Gasteiger partial charge in [-0.1, -0.05) is 60.7 Å². The number of allylic oxidation sites excluding steroid dienone is 1. The summed E-state index contributed by atoms with van der Waals surface area (Å²) in [6.45, 7) is 0.793. The molecule has 0 aliphatic heterocycles. The van der Waals surface area contributed by atoms with E-state index >= 15 is 0 Å². The molecular formula is C27H22O4. The Morgan fingerprint density at radius 1 is 0.806 bits per heavy atom. The quantitative estimate of drug-likeness (QED) is 0.239. The van der Waals surface area contributed by atoms with Gasteiger partial charge in [-0.2, -0.15) is 0 Å². The van der Waals surface area contributed by atoms with Gasteiger partial charge in [0, 0.05) is 11.6 Å². The molecule has 0 unspecified atom stereocenters. The van der Waals surface area contributed by atoms with E-state index < -0.39 is 0 Å². The van der Waals surface area contributed by atoms with E-state index in [4.69, 9.17) is 13.9 Å². The fraction of sp³-hybridized carbons (Fsp3) is 0.0741. The van der Waals surface area contributed by atoms with E-state index in [2.05, 4.69) is 0 Å². The minimum Gasteiger partial charge on any atom is -0.489 e. The molecule has 1 heterocycles. The van der Waals surface area contributed by atoms with E-state index in [0.29, 0.717) is 30.3 Å². The second-order valence-corrected chi connectivity index (χ2v) is 6.96. The van der Waals surface area contributed by atoms with Crippen LogP contribution in [0.3, 0.4) is 0 Å². The second kappa shape index (κ2) is 10.1. The molecule has 0 bridgehead atoms. The molecule has 31 heavy (non-hydrogen) atoms. The first-order valence-corrected chi connectivity index (χ1v) is 10.00. The van der Waals surface area contributed by atoms with Crippen molar-refractivity contribution in [3.63, 3.8) is 0 Å². The molecule has 0 spiro atoms. The number of ketones is 1. The fourth-order valence-corrected chi connectivity index (χ4v) is 3.02. The molecule has 0 radical (unpaired) electrons. The second-order valence-electron chi connectivity index (χ2n) is 6.96. The van der Waals surface area contributed by atoms with E-state index in [-0.39, 0.29) is 5.78 Å². The summed E-state index contributed by atoms with van der Waals surface area (Å²) in [7, 11) is 0. The number of furan rings is 1. The van der Waals surface area contributed by atoms with Gasteiger partial charge in [0.1, 0.15) is 24.7 Å². The van der Waals surface area contributed by atoms with Crippen LogP contribution in [0.15, 0.2) is 108 Å². The van der Waals surface area contributed by atoms with Crippen molar-refractivity contribution >= 4 is 11.9 Å². The summed E-state index contributed by atoms with van der Waals surface area (Å²) >= 11 is 0. The molecule has 0 amide bonds. The minimum atomic E-state index is -0.154. The summed E-state index contributed by atoms with van der Waals surface area (Å²) in [5, 5.41) is 0. The molecule has 0 saturated heterocycles. The summed E-state index contributed by atoms with van der Waals surface area (Å²) in [5.74, 6) is 0.970. The van der Waals surface area contributed by atoms with Gasteiger partial charge in [0.05, 0.1) is 18.1 Å². The van der Waals surface area contributed by atoms with Gasteiger partial charge in [-0.15, -0.1) is 0 Å². The number of ether oxygens (including phenoxy) is 2. The first kappa shape index (κ1) is 20.2. The molecule has 4 heteroatoms. The Kier molecular flexibility index (Phi) is 6.61. The zero-order chi connectivity index (χ0) is 21.3. The van der Waals surface area contributed by atoms with Gasteiger partial charge >= 0.3 is 0 Å². The standard InChI is InChI=1S/C27H22O4/c28-26(14-11-23-15-16-29-18-23)25-13-12-24(30-19-21-7-3-1-4-8-21)17-27(25)31-20-22-9-5-2-6-10-22/h1-18H,19-20H2/b14-11+. The molecular weight excluding hydrogens is 388 g/mol. The van der Waals surface area contributed by atoms with Crippen molar-refractivity contribution in [3.8, 4) is 11.5 Å². The highest BCUT2D eigenvalue weighted by molar-refractivity contribution is 6.08. The van der Waals surface area contributed by atoms with Crippen LogP contribution in [0.1, 0.15) is 27.0 Å². The summed E-state index contributed by atoms with van der Waals surface area (Å²) in [5.41, 5.74) is 3.38. The van der Waals surface area contributed by atoms with Gasteiger partial charge in [0.25, 0.3) is 0 Å². The Morgan fingerprint density at radius 3 is 2.13 bits per heavy atom. The Bertz CT molecular complexity index is 1130. The van der Waals surface area contributed by atoms with Gasteiger partial charge in [0.15, 0.2) is 5.78 Å². The van der Waals surface area contributed by atoms with E-state index in [1.807, 2.05) is 60.7 Å². The SMILES string of the molecule is O=C(/C=C/c1ccoc1)c1ccc(OCc2ccccc2)cc1OCc1ccccc1. The number of hydrogen-bond donors (Lipinski definition) is 0. The predicted octanol–water partition coefficient (Wildman–Crippen LogP) is 6.33. The third-order valence-corrected chi connectivity index (χ3v) is 4.67. The molecule has 0 saturated carbocycles. The number of hydrogen-bond acceptors (Lipinski definition) is 4. The summed E-state index contributed by atoms with van der Waals surface area (Å²) in [4.78, 5) is 12.8. The maximum absolute atomic E-state index is 12.8. The van der Waals surface area contributed by atoms with Crippen LogP contribution in [0.4, 0.5) is 0 Å². The van der Waals surface area contributed by atoms with Gasteiger partial charge < -0.3 is 13.9 Å². The molecule has 4 aromatic rings. The number of carbonyl (C=O) groups excluding carboxylic acids is 1. The monoisotopic (exact) mass is 410 g/mol. The maximum atomic E-state index is 12.8. The fourth-order valence-electron chi connectivity index (χ4n) is 3.02. The normalized spacial score (nSPS) is 10.8. The van der Waals surface area contributed by atoms with Crippen LogP contribution >= 0.6 is 0 Å². The third kappa shape index (κ3) is 5.73. The first-order valence-electron chi connectivity index (χ1n) is 10.00. The van der Waals surface area contributed by atoms with Crippen LogP contribution in [-0.2, 0) is 13.2 Å². The molecule has 0 N–H and O–H groups in total. The number of carbonyl (C=O) groups is 1. The molecule has 0 atom stereocenters. The topological polar surface area (TPSA) is 48.7 Å². The molecule has 0 aliphatic carbocycles. The minimum absolute atomic E-state index is 0.154. The lowest BCUT2D eigenvalue weighted by Crippen LogP contribution is -2.04. The maximum Gasteiger partial charge on any atom is 0.189 e. The van der Waals surface area contributed by atoms with Crippen molar-refractivity contribution in [2.24, 2.45) is 0 Å². The largest absolute Gasteiger partial charge is 0.489 e. The van der Waals surface area contributed by atoms with E-state index in [1.165, 1.54) is 6.08 Å². The van der Waals surface area contributed by atoms with Crippen molar-refractivity contribution in [3.05, 3.63) is 126 Å². The summed E-state index contributed by atoms with van der Waals surface area (Å²) in [6, 6.07) is 26.8. The lowest BCUT2D eigenvalue weighted by molar-refractivity contribution is 0.104. The Hall–Kier alpha value is -4.05. The lowest BCUT2D eigenvalue weighted by atomic mass is 10.1. The van der Waals surface area contributed by atoms with Crippen molar-refractivity contribution in [2.75, 3.05) is 0 Å². The average Bonchev–Trinajstić information content (AvgIpc) is 3.35. The molecule has 1 aromatic heterocycles. The highest BCUT2D eigenvalue weighted by Gasteiger charge is 2.13. The van der Waals surface area contributed by atoms with Crippen LogP contribution in [-0.4, -0.2) is 5.78 Å². The lowest BCUT2D eigenvalue weighted by Gasteiger charge is -2.13.